The van der Waals surface area contributed by atoms with Crippen molar-refractivity contribution >= 4 is 34.7 Å². The number of benzene rings is 1. The molecule has 2 N–H and O–H groups in total. The Morgan fingerprint density at radius 2 is 2.21 bits per heavy atom. The molecule has 1 aliphatic rings. The monoisotopic (exact) mass is 300 g/mol. The van der Waals surface area contributed by atoms with Crippen LogP contribution in [0.3, 0.4) is 0 Å². The second-order valence-corrected chi connectivity index (χ2v) is 5.42. The van der Waals surface area contributed by atoms with Crippen LogP contribution in [0.25, 0.3) is 0 Å². The molecule has 6 heteroatoms. The fourth-order valence-corrected chi connectivity index (χ4v) is 2.78. The Labute approximate surface area is 121 Å². The summed E-state index contributed by atoms with van der Waals surface area (Å²) in [6.07, 6.45) is 2.66. The first-order valence-corrected chi connectivity index (χ1v) is 6.84. The van der Waals surface area contributed by atoms with E-state index in [1.807, 2.05) is 0 Å². The van der Waals surface area contributed by atoms with Crippen molar-refractivity contribution in [3.8, 4) is 0 Å². The zero-order chi connectivity index (χ0) is 14.0. The van der Waals surface area contributed by atoms with Crippen molar-refractivity contribution in [3.05, 3.63) is 34.6 Å². The van der Waals surface area contributed by atoms with Gasteiger partial charge in [-0.25, -0.2) is 4.39 Å². The molecule has 19 heavy (non-hydrogen) atoms. The summed E-state index contributed by atoms with van der Waals surface area (Å²) in [7, 11) is 0. The van der Waals surface area contributed by atoms with Gasteiger partial charge in [0.05, 0.1) is 21.6 Å². The maximum atomic E-state index is 13.0. The first-order valence-electron chi connectivity index (χ1n) is 6.06. The van der Waals surface area contributed by atoms with E-state index in [-0.39, 0.29) is 22.5 Å². The van der Waals surface area contributed by atoms with Crippen molar-refractivity contribution in [2.24, 2.45) is 5.73 Å². The van der Waals surface area contributed by atoms with Crippen LogP contribution in [-0.4, -0.2) is 28.4 Å². The molecule has 2 rings (SSSR count). The summed E-state index contributed by atoms with van der Waals surface area (Å²) in [5.74, 6) is -0.714. The number of amides is 1. The van der Waals surface area contributed by atoms with E-state index in [0.29, 0.717) is 11.5 Å². The lowest BCUT2D eigenvalue weighted by atomic mass is 10.0. The Morgan fingerprint density at radius 3 is 2.84 bits per heavy atom. The third-order valence-corrected chi connectivity index (χ3v) is 3.84. The molecule has 1 aliphatic heterocycles. The van der Waals surface area contributed by atoms with E-state index in [9.17, 15) is 9.18 Å². The number of carbonyl (C=O) groups excluding carboxylic acids is 1. The quantitative estimate of drug-likeness (QED) is 0.854. The topological polar surface area (TPSA) is 46.3 Å². The Balaban J connectivity index is 2.28. The number of nitrogens with zero attached hydrogens (tertiary/aromatic N) is 1. The smallest absolute Gasteiger partial charge is 0.255 e. The van der Waals surface area contributed by atoms with E-state index in [1.54, 1.807) is 4.90 Å². The van der Waals surface area contributed by atoms with Gasteiger partial charge in [-0.05, 0) is 37.5 Å². The van der Waals surface area contributed by atoms with Crippen molar-refractivity contribution < 1.29 is 9.18 Å². The highest BCUT2D eigenvalue weighted by molar-refractivity contribution is 7.80. The Hall–Kier alpha value is -1.20. The minimum absolute atomic E-state index is 0.109. The van der Waals surface area contributed by atoms with E-state index in [1.165, 1.54) is 12.1 Å². The molecule has 3 nitrogen and oxygen atoms in total. The molecule has 0 spiro atoms. The number of piperidine rings is 1. The highest BCUT2D eigenvalue weighted by Crippen LogP contribution is 2.24. The molecule has 0 aromatic heterocycles. The van der Waals surface area contributed by atoms with E-state index < -0.39 is 5.82 Å². The number of rotatable bonds is 2. The molecule has 0 aliphatic carbocycles. The zero-order valence-electron chi connectivity index (χ0n) is 10.2. The third kappa shape index (κ3) is 3.04. The molecule has 1 unspecified atom stereocenters. The van der Waals surface area contributed by atoms with Crippen LogP contribution in [0.4, 0.5) is 4.39 Å². The lowest BCUT2D eigenvalue weighted by Crippen LogP contribution is -2.49. The SMILES string of the molecule is NC(=S)C1CCCCN1C(=O)c1ccc(F)cc1Cl. The number of halogens is 2. The first kappa shape index (κ1) is 14.2. The van der Waals surface area contributed by atoms with Gasteiger partial charge in [-0.3, -0.25) is 4.79 Å². The van der Waals surface area contributed by atoms with Gasteiger partial charge in [-0.2, -0.15) is 0 Å². The van der Waals surface area contributed by atoms with Crippen LogP contribution in [-0.2, 0) is 0 Å². The normalized spacial score (nSPS) is 19.3. The van der Waals surface area contributed by atoms with Crippen LogP contribution < -0.4 is 5.73 Å². The van der Waals surface area contributed by atoms with Gasteiger partial charge in [-0.1, -0.05) is 23.8 Å². The van der Waals surface area contributed by atoms with Gasteiger partial charge in [0, 0.05) is 6.54 Å². The van der Waals surface area contributed by atoms with Gasteiger partial charge < -0.3 is 10.6 Å². The first-order chi connectivity index (χ1) is 9.00. The Bertz CT molecular complexity index is 523. The Morgan fingerprint density at radius 1 is 1.47 bits per heavy atom. The lowest BCUT2D eigenvalue weighted by molar-refractivity contribution is 0.0681. The highest BCUT2D eigenvalue weighted by Gasteiger charge is 2.30. The minimum Gasteiger partial charge on any atom is -0.392 e. The zero-order valence-corrected chi connectivity index (χ0v) is 11.8. The molecular weight excluding hydrogens is 287 g/mol. The van der Waals surface area contributed by atoms with Crippen molar-refractivity contribution in [2.45, 2.75) is 25.3 Å². The molecule has 0 radical (unpaired) electrons. The average molecular weight is 301 g/mol. The number of hydrogen-bond donors (Lipinski definition) is 1. The second kappa shape index (κ2) is 5.84. The molecule has 1 amide bonds. The number of thiocarbonyl (C=S) groups is 1. The standard InChI is InChI=1S/C13H14ClFN2OS/c14-10-7-8(15)4-5-9(10)13(18)17-6-2-1-3-11(17)12(16)19/h4-5,7,11H,1-3,6H2,(H2,16,19). The molecule has 1 heterocycles. The van der Waals surface area contributed by atoms with Gasteiger partial charge in [0.15, 0.2) is 0 Å². The molecule has 1 atom stereocenters. The summed E-state index contributed by atoms with van der Waals surface area (Å²) in [5.41, 5.74) is 5.96. The molecule has 1 saturated heterocycles. The summed E-state index contributed by atoms with van der Waals surface area (Å²) in [6.45, 7) is 0.592. The highest BCUT2D eigenvalue weighted by atomic mass is 35.5. The molecule has 1 aromatic rings. The number of likely N-dealkylation sites (tertiary alicyclic amines) is 1. The van der Waals surface area contributed by atoms with E-state index in [0.717, 1.165) is 25.3 Å². The van der Waals surface area contributed by atoms with E-state index in [2.05, 4.69) is 0 Å². The molecule has 1 aromatic carbocycles. The van der Waals surface area contributed by atoms with Crippen molar-refractivity contribution in [3.63, 3.8) is 0 Å². The van der Waals surface area contributed by atoms with Crippen molar-refractivity contribution in [1.29, 1.82) is 0 Å². The lowest BCUT2D eigenvalue weighted by Gasteiger charge is -2.35. The average Bonchev–Trinajstić information content (AvgIpc) is 2.38. The maximum Gasteiger partial charge on any atom is 0.255 e. The van der Waals surface area contributed by atoms with Crippen molar-refractivity contribution in [1.82, 2.24) is 4.90 Å². The number of carbonyl (C=O) groups is 1. The molecule has 102 valence electrons. The van der Waals surface area contributed by atoms with Crippen LogP contribution in [0, 0.1) is 5.82 Å². The molecule has 0 saturated carbocycles. The van der Waals surface area contributed by atoms with Crippen LogP contribution in [0.2, 0.25) is 5.02 Å². The van der Waals surface area contributed by atoms with Gasteiger partial charge in [-0.15, -0.1) is 0 Å². The molecular formula is C13H14ClFN2OS. The summed E-state index contributed by atoms with van der Waals surface area (Å²) in [4.78, 5) is 14.4. The van der Waals surface area contributed by atoms with Crippen LogP contribution in [0.15, 0.2) is 18.2 Å². The molecule has 0 bridgehead atoms. The van der Waals surface area contributed by atoms with Crippen molar-refractivity contribution in [2.75, 3.05) is 6.54 Å². The van der Waals surface area contributed by atoms with Gasteiger partial charge in [0.25, 0.3) is 5.91 Å². The second-order valence-electron chi connectivity index (χ2n) is 4.54. The summed E-state index contributed by atoms with van der Waals surface area (Å²) in [5, 5.41) is 0.109. The summed E-state index contributed by atoms with van der Waals surface area (Å²) < 4.78 is 13.0. The predicted molar refractivity (Wildman–Crippen MR) is 76.9 cm³/mol. The summed E-state index contributed by atoms with van der Waals surface area (Å²) in [6, 6.07) is 3.51. The fraction of sp³-hybridized carbons (Fsp3) is 0.385. The predicted octanol–water partition coefficient (Wildman–Crippen LogP) is 2.76. The summed E-state index contributed by atoms with van der Waals surface area (Å²) >= 11 is 10.9. The van der Waals surface area contributed by atoms with E-state index >= 15 is 0 Å². The van der Waals surface area contributed by atoms with E-state index in [4.69, 9.17) is 29.6 Å². The van der Waals surface area contributed by atoms with Crippen LogP contribution in [0.5, 0.6) is 0 Å². The largest absolute Gasteiger partial charge is 0.392 e. The van der Waals surface area contributed by atoms with Gasteiger partial charge in [0.2, 0.25) is 0 Å². The van der Waals surface area contributed by atoms with Gasteiger partial charge >= 0.3 is 0 Å². The maximum absolute atomic E-state index is 13.0. The molecule has 1 fully saturated rings. The van der Waals surface area contributed by atoms with Gasteiger partial charge in [0.1, 0.15) is 5.82 Å². The fourth-order valence-electron chi connectivity index (χ4n) is 2.29. The number of nitrogens with two attached hydrogens (primary N) is 1. The third-order valence-electron chi connectivity index (χ3n) is 3.25. The van der Waals surface area contributed by atoms with Crippen LogP contribution in [0.1, 0.15) is 29.6 Å². The van der Waals surface area contributed by atoms with Crippen LogP contribution >= 0.6 is 23.8 Å². The Kier molecular flexibility index (Phi) is 4.37. The minimum atomic E-state index is -0.467. The number of hydrogen-bond acceptors (Lipinski definition) is 2.